The molecular weight excluding hydrogens is 126 g/mol. The van der Waals surface area contributed by atoms with Gasteiger partial charge in [0, 0.05) is 0 Å². The van der Waals surface area contributed by atoms with Gasteiger partial charge >= 0.3 is 0 Å². The molecule has 1 radical (unpaired) electrons. The van der Waals surface area contributed by atoms with Gasteiger partial charge in [0.25, 0.3) is 0 Å². The van der Waals surface area contributed by atoms with Crippen LogP contribution >= 0.6 is 0 Å². The van der Waals surface area contributed by atoms with Crippen molar-refractivity contribution in [1.82, 2.24) is 0 Å². The van der Waals surface area contributed by atoms with E-state index in [0.717, 1.165) is 12.8 Å². The summed E-state index contributed by atoms with van der Waals surface area (Å²) in [4.78, 5) is 0. The zero-order valence-electron chi connectivity index (χ0n) is 6.78. The molecule has 0 heterocycles. The Bertz CT molecular complexity index is 75.5. The molecule has 1 nitrogen and oxygen atoms in total. The third-order valence-corrected chi connectivity index (χ3v) is 4.14. The van der Waals surface area contributed by atoms with Crippen LogP contribution in [0.4, 0.5) is 0 Å². The molecule has 0 aromatic rings. The minimum atomic E-state index is -1.04. The maximum atomic E-state index is 5.88. The second kappa shape index (κ2) is 3.37. The van der Waals surface area contributed by atoms with Gasteiger partial charge in [0.05, 0.1) is 8.07 Å². The van der Waals surface area contributed by atoms with Crippen LogP contribution in [0.25, 0.3) is 0 Å². The third kappa shape index (κ3) is 3.70. The molecule has 0 aliphatic rings. The zero-order valence-corrected chi connectivity index (χ0v) is 7.78. The highest BCUT2D eigenvalue weighted by atomic mass is 28.3. The van der Waals surface area contributed by atoms with Gasteiger partial charge in [0.2, 0.25) is 0 Å². The van der Waals surface area contributed by atoms with Gasteiger partial charge in [-0.15, -0.1) is 0 Å². The molecule has 0 saturated carbocycles. The molecular formula is C7H18NSi. The van der Waals surface area contributed by atoms with Gasteiger partial charge in [0.1, 0.15) is 0 Å². The first-order valence-electron chi connectivity index (χ1n) is 3.53. The van der Waals surface area contributed by atoms with E-state index in [1.54, 1.807) is 0 Å². The molecule has 2 N–H and O–H groups in total. The lowest BCUT2D eigenvalue weighted by molar-refractivity contribution is 0.764. The fourth-order valence-corrected chi connectivity index (χ4v) is 1.72. The van der Waals surface area contributed by atoms with Crippen molar-refractivity contribution in [2.45, 2.75) is 38.1 Å². The van der Waals surface area contributed by atoms with Crippen LogP contribution in [-0.4, -0.2) is 13.7 Å². The minimum Gasteiger partial charge on any atom is -0.330 e. The maximum Gasteiger partial charge on any atom is 0.0632 e. The highest BCUT2D eigenvalue weighted by Crippen LogP contribution is 2.09. The molecule has 0 saturated heterocycles. The fraction of sp³-hybridized carbons (Fsp3) is 0.857. The summed E-state index contributed by atoms with van der Waals surface area (Å²) >= 11 is 0. The van der Waals surface area contributed by atoms with Crippen molar-refractivity contribution in [2.24, 2.45) is 5.73 Å². The van der Waals surface area contributed by atoms with Crippen LogP contribution in [0.3, 0.4) is 0 Å². The predicted octanol–water partition coefficient (Wildman–Crippen LogP) is 1.81. The van der Waals surface area contributed by atoms with Crippen LogP contribution in [0.15, 0.2) is 0 Å². The Labute approximate surface area is 59.6 Å². The quantitative estimate of drug-likeness (QED) is 0.601. The van der Waals surface area contributed by atoms with E-state index >= 15 is 0 Å². The molecule has 0 spiro atoms. The molecule has 9 heavy (non-hydrogen) atoms. The Balaban J connectivity index is 3.59. The second-order valence-corrected chi connectivity index (χ2v) is 9.09. The van der Waals surface area contributed by atoms with Crippen molar-refractivity contribution in [3.8, 4) is 0 Å². The first-order valence-corrected chi connectivity index (χ1v) is 7.11. The summed E-state index contributed by atoms with van der Waals surface area (Å²) in [5, 5.41) is 0. The van der Waals surface area contributed by atoms with Crippen LogP contribution in [0.1, 0.15) is 12.8 Å². The van der Waals surface area contributed by atoms with Gasteiger partial charge in [-0.1, -0.05) is 33.0 Å². The lowest BCUT2D eigenvalue weighted by Crippen LogP contribution is -2.44. The van der Waals surface area contributed by atoms with Crippen molar-refractivity contribution in [2.75, 3.05) is 0 Å². The lowest BCUT2D eigenvalue weighted by Gasteiger charge is -2.24. The van der Waals surface area contributed by atoms with Crippen molar-refractivity contribution in [3.63, 3.8) is 0 Å². The van der Waals surface area contributed by atoms with Crippen LogP contribution in [0.2, 0.25) is 19.6 Å². The van der Waals surface area contributed by atoms with Gasteiger partial charge < -0.3 is 5.73 Å². The van der Waals surface area contributed by atoms with Crippen LogP contribution in [0.5, 0.6) is 0 Å². The van der Waals surface area contributed by atoms with E-state index in [0.29, 0.717) is 5.67 Å². The van der Waals surface area contributed by atoms with Gasteiger partial charge in [-0.25, -0.2) is 0 Å². The predicted molar refractivity (Wildman–Crippen MR) is 45.9 cm³/mol. The molecule has 0 aromatic carbocycles. The number of hydrogen-bond acceptors (Lipinski definition) is 1. The number of nitrogens with two attached hydrogens (primary N) is 1. The molecule has 2 heteroatoms. The Morgan fingerprint density at radius 1 is 1.44 bits per heavy atom. The van der Waals surface area contributed by atoms with Gasteiger partial charge in [0.15, 0.2) is 0 Å². The van der Waals surface area contributed by atoms with Crippen LogP contribution in [-0.2, 0) is 0 Å². The standard InChI is InChI=1S/C7H18NSi/c1-5-6-7(8)9(2,3)4/h7H,1,5-6,8H2,2-4H3. The summed E-state index contributed by atoms with van der Waals surface area (Å²) in [7, 11) is -1.04. The molecule has 0 aliphatic heterocycles. The first kappa shape index (κ1) is 9.18. The average molecular weight is 144 g/mol. The summed E-state index contributed by atoms with van der Waals surface area (Å²) in [6.45, 7) is 10.7. The van der Waals surface area contributed by atoms with Crippen LogP contribution < -0.4 is 5.73 Å². The van der Waals surface area contributed by atoms with E-state index in [1.165, 1.54) is 0 Å². The summed E-state index contributed by atoms with van der Waals surface area (Å²) in [6.07, 6.45) is 2.07. The van der Waals surface area contributed by atoms with Gasteiger partial charge in [-0.2, -0.15) is 0 Å². The summed E-state index contributed by atoms with van der Waals surface area (Å²) in [5.74, 6) is 0. The van der Waals surface area contributed by atoms with E-state index in [-0.39, 0.29) is 0 Å². The molecule has 0 rings (SSSR count). The minimum absolute atomic E-state index is 0.440. The average Bonchev–Trinajstić information content (AvgIpc) is 1.64. The van der Waals surface area contributed by atoms with Crippen molar-refractivity contribution in [3.05, 3.63) is 6.92 Å². The van der Waals surface area contributed by atoms with E-state index in [2.05, 4.69) is 26.6 Å². The summed E-state index contributed by atoms with van der Waals surface area (Å²) in [6, 6.07) is 0. The van der Waals surface area contributed by atoms with Crippen molar-refractivity contribution >= 4 is 8.07 Å². The zero-order chi connectivity index (χ0) is 7.49. The number of hydrogen-bond donors (Lipinski definition) is 1. The Morgan fingerprint density at radius 2 is 1.89 bits per heavy atom. The molecule has 1 atom stereocenters. The molecule has 0 amide bonds. The SMILES string of the molecule is [CH2]CCC(N)[Si](C)(C)C. The fourth-order valence-electron chi connectivity index (χ4n) is 0.653. The normalized spacial score (nSPS) is 15.7. The molecule has 1 unspecified atom stereocenters. The number of rotatable bonds is 3. The monoisotopic (exact) mass is 144 g/mol. The Hall–Kier alpha value is 0.177. The molecule has 0 bridgehead atoms. The Kier molecular flexibility index (Phi) is 3.44. The first-order chi connectivity index (χ1) is 3.98. The molecule has 0 aromatic heterocycles. The molecule has 0 fully saturated rings. The van der Waals surface area contributed by atoms with Crippen LogP contribution in [0, 0.1) is 6.92 Å². The largest absolute Gasteiger partial charge is 0.330 e. The van der Waals surface area contributed by atoms with Gasteiger partial charge in [-0.3, -0.25) is 0 Å². The second-order valence-electron chi connectivity index (χ2n) is 3.61. The summed E-state index contributed by atoms with van der Waals surface area (Å²) < 4.78 is 0. The van der Waals surface area contributed by atoms with Crippen molar-refractivity contribution < 1.29 is 0 Å². The van der Waals surface area contributed by atoms with E-state index in [4.69, 9.17) is 5.73 Å². The van der Waals surface area contributed by atoms with E-state index in [9.17, 15) is 0 Å². The summed E-state index contributed by atoms with van der Waals surface area (Å²) in [5.41, 5.74) is 6.32. The molecule has 55 valence electrons. The third-order valence-electron chi connectivity index (χ3n) is 1.63. The van der Waals surface area contributed by atoms with Crippen molar-refractivity contribution in [1.29, 1.82) is 0 Å². The highest BCUT2D eigenvalue weighted by molar-refractivity contribution is 6.77. The topological polar surface area (TPSA) is 26.0 Å². The lowest BCUT2D eigenvalue weighted by atomic mass is 10.3. The smallest absolute Gasteiger partial charge is 0.0632 e. The van der Waals surface area contributed by atoms with E-state index < -0.39 is 8.07 Å². The highest BCUT2D eigenvalue weighted by Gasteiger charge is 2.21. The van der Waals surface area contributed by atoms with Gasteiger partial charge in [-0.05, 0) is 12.1 Å². The Morgan fingerprint density at radius 3 is 2.00 bits per heavy atom. The van der Waals surface area contributed by atoms with E-state index in [1.807, 2.05) is 0 Å². The maximum absolute atomic E-state index is 5.88. The molecule has 0 aliphatic carbocycles.